The molecule has 1 aromatic rings. The van der Waals surface area contributed by atoms with Gasteiger partial charge in [-0.15, -0.1) is 0 Å². The number of aryl methyl sites for hydroxylation is 2. The summed E-state index contributed by atoms with van der Waals surface area (Å²) >= 11 is 0. The summed E-state index contributed by atoms with van der Waals surface area (Å²) in [5.41, 5.74) is 10.1. The van der Waals surface area contributed by atoms with Gasteiger partial charge in [0.1, 0.15) is 0 Å². The van der Waals surface area contributed by atoms with Gasteiger partial charge in [0.05, 0.1) is 0 Å². The lowest BCUT2D eigenvalue weighted by atomic mass is 9.65. The fraction of sp³-hybridized carbons (Fsp3) is 0.722. The first-order valence-corrected chi connectivity index (χ1v) is 15.6. The van der Waals surface area contributed by atoms with Crippen LogP contribution in [0.3, 0.4) is 0 Å². The van der Waals surface area contributed by atoms with Crippen LogP contribution < -0.4 is 0 Å². The van der Waals surface area contributed by atoms with E-state index in [-0.39, 0.29) is 0 Å². The van der Waals surface area contributed by atoms with Gasteiger partial charge in [-0.2, -0.15) is 0 Å². The third-order valence-electron chi connectivity index (χ3n) is 7.54. The van der Waals surface area contributed by atoms with Crippen molar-refractivity contribution in [2.75, 3.05) is 0 Å². The molecule has 0 nitrogen and oxygen atoms in total. The van der Waals surface area contributed by atoms with E-state index in [9.17, 15) is 0 Å². The maximum absolute atomic E-state index is 4.44. The summed E-state index contributed by atoms with van der Waals surface area (Å²) in [5, 5.41) is 0. The molecule has 36 heavy (non-hydrogen) atoms. The van der Waals surface area contributed by atoms with Crippen LogP contribution in [-0.2, 0) is 6.42 Å². The lowest BCUT2D eigenvalue weighted by Crippen LogP contribution is -2.28. The molecule has 0 radical (unpaired) electrons. The van der Waals surface area contributed by atoms with Crippen molar-refractivity contribution in [2.24, 2.45) is 17.8 Å². The molecular weight excluding hydrogens is 432 g/mol. The molecule has 1 aromatic carbocycles. The van der Waals surface area contributed by atoms with Gasteiger partial charge in [0.25, 0.3) is 0 Å². The molecule has 0 aliphatic carbocycles. The van der Waals surface area contributed by atoms with E-state index in [1.54, 1.807) is 5.56 Å². The summed E-state index contributed by atoms with van der Waals surface area (Å²) in [7, 11) is 0. The smallest absolute Gasteiger partial charge is 0.00604 e. The predicted octanol–water partition coefficient (Wildman–Crippen LogP) is 12.9. The summed E-state index contributed by atoms with van der Waals surface area (Å²) in [5.74, 6) is 2.46. The Morgan fingerprint density at radius 3 is 1.69 bits per heavy atom. The molecule has 212 valence electrons. The van der Waals surface area contributed by atoms with E-state index in [0.717, 1.165) is 6.42 Å². The van der Waals surface area contributed by atoms with Crippen molar-refractivity contribution in [1.29, 1.82) is 0 Å². The summed E-state index contributed by atoms with van der Waals surface area (Å²) in [6.45, 7) is 41.8. The minimum atomic E-state index is 0.533. The zero-order valence-electron chi connectivity index (χ0n) is 27.8. The van der Waals surface area contributed by atoms with Crippen molar-refractivity contribution in [2.45, 2.75) is 155 Å². The highest BCUT2D eigenvalue weighted by Crippen LogP contribution is 2.47. The van der Waals surface area contributed by atoms with Crippen LogP contribution in [0.2, 0.25) is 0 Å². The monoisotopic (exact) mass is 501 g/mol. The second kappa shape index (κ2) is 22.9. The molecule has 0 amide bonds. The van der Waals surface area contributed by atoms with Gasteiger partial charge in [0.15, 0.2) is 0 Å². The molecular formula is C36H68. The van der Waals surface area contributed by atoms with E-state index < -0.39 is 0 Å². The van der Waals surface area contributed by atoms with Gasteiger partial charge >= 0.3 is 0 Å². The number of unbranched alkanes of at least 4 members (excludes halogenated alkanes) is 2. The first-order chi connectivity index (χ1) is 17.2. The highest BCUT2D eigenvalue weighted by atomic mass is 14.4. The maximum atomic E-state index is 4.44. The molecule has 1 rings (SSSR count). The summed E-state index contributed by atoms with van der Waals surface area (Å²) in [6.07, 6.45) is 8.63. The van der Waals surface area contributed by atoms with Gasteiger partial charge in [0.2, 0.25) is 0 Å². The Bertz CT molecular complexity index is 705. The second-order valence-electron chi connectivity index (χ2n) is 9.85. The molecule has 0 bridgehead atoms. The van der Waals surface area contributed by atoms with E-state index in [4.69, 9.17) is 0 Å². The standard InChI is InChI=1S/C30H50.3C2H6/c1-12-16-17-18-25-19-23(10)29(24(11)28(25)21(7)8)30(26(14-3)20(5)6)27(15-4)22(9)13-2;3*1-2/h19,22,26-27,30H,5,7,12-18H2,1-4,6,8-11H3;3*1-2H3. The first kappa shape index (κ1) is 39.2. The van der Waals surface area contributed by atoms with Gasteiger partial charge in [-0.1, -0.05) is 132 Å². The van der Waals surface area contributed by atoms with Gasteiger partial charge in [-0.25, -0.2) is 0 Å². The van der Waals surface area contributed by atoms with Gasteiger partial charge in [-0.3, -0.25) is 0 Å². The van der Waals surface area contributed by atoms with E-state index in [1.807, 2.05) is 41.5 Å². The number of hydrogen-bond acceptors (Lipinski definition) is 0. The van der Waals surface area contributed by atoms with Gasteiger partial charge < -0.3 is 0 Å². The molecule has 0 fully saturated rings. The van der Waals surface area contributed by atoms with Crippen molar-refractivity contribution in [1.82, 2.24) is 0 Å². The molecule has 0 saturated heterocycles. The zero-order valence-corrected chi connectivity index (χ0v) is 27.8. The number of benzene rings is 1. The van der Waals surface area contributed by atoms with Gasteiger partial charge in [0, 0.05) is 0 Å². The topological polar surface area (TPSA) is 0 Å². The molecule has 0 saturated carbocycles. The SMILES string of the molecule is C=C(C)c1c(CCCCC)cc(C)c(C(C(CC)C(=C)C)C(CC)C(C)CC)c1C.CC.CC.CC. The van der Waals surface area contributed by atoms with Crippen LogP contribution in [0, 0.1) is 31.6 Å². The van der Waals surface area contributed by atoms with Crippen molar-refractivity contribution in [3.8, 4) is 0 Å². The molecule has 0 heterocycles. The molecule has 0 aliphatic heterocycles. The number of allylic oxidation sites excluding steroid dienone is 2. The quantitative estimate of drug-likeness (QED) is 0.186. The van der Waals surface area contributed by atoms with Crippen LogP contribution in [0.1, 0.15) is 162 Å². The van der Waals surface area contributed by atoms with E-state index in [0.29, 0.717) is 23.7 Å². The van der Waals surface area contributed by atoms with Gasteiger partial charge in [-0.05, 0) is 98.4 Å². The summed E-state index contributed by atoms with van der Waals surface area (Å²) < 4.78 is 0. The number of rotatable bonds is 13. The zero-order chi connectivity index (χ0) is 29.0. The predicted molar refractivity (Wildman–Crippen MR) is 172 cm³/mol. The van der Waals surface area contributed by atoms with Crippen LogP contribution in [0.4, 0.5) is 0 Å². The third-order valence-corrected chi connectivity index (χ3v) is 7.54. The van der Waals surface area contributed by atoms with Crippen LogP contribution in [-0.4, -0.2) is 0 Å². The molecule has 0 aliphatic rings. The van der Waals surface area contributed by atoms with Crippen LogP contribution in [0.5, 0.6) is 0 Å². The largest absolute Gasteiger partial charge is 0.0998 e. The molecule has 0 heteroatoms. The lowest BCUT2D eigenvalue weighted by Gasteiger charge is -2.39. The number of hydrogen-bond donors (Lipinski definition) is 0. The Hall–Kier alpha value is -1.30. The van der Waals surface area contributed by atoms with E-state index in [1.165, 1.54) is 71.9 Å². The molecule has 0 spiro atoms. The lowest BCUT2D eigenvalue weighted by molar-refractivity contribution is 0.234. The fourth-order valence-corrected chi connectivity index (χ4v) is 5.89. The molecule has 0 aromatic heterocycles. The van der Waals surface area contributed by atoms with Crippen molar-refractivity contribution < 1.29 is 0 Å². The average Bonchev–Trinajstić information content (AvgIpc) is 2.87. The Labute approximate surface area is 230 Å². The Kier molecular flexibility index (Phi) is 24.9. The van der Waals surface area contributed by atoms with Crippen molar-refractivity contribution in [3.63, 3.8) is 0 Å². The van der Waals surface area contributed by atoms with Crippen molar-refractivity contribution >= 4 is 5.57 Å². The van der Waals surface area contributed by atoms with Crippen LogP contribution in [0.15, 0.2) is 24.8 Å². The first-order valence-electron chi connectivity index (χ1n) is 15.6. The summed E-state index contributed by atoms with van der Waals surface area (Å²) in [4.78, 5) is 0. The average molecular weight is 501 g/mol. The Morgan fingerprint density at radius 2 is 1.33 bits per heavy atom. The molecule has 4 unspecified atom stereocenters. The third kappa shape index (κ3) is 11.4. The van der Waals surface area contributed by atoms with Crippen LogP contribution >= 0.6 is 0 Å². The normalized spacial score (nSPS) is 13.4. The minimum Gasteiger partial charge on any atom is -0.0998 e. The highest BCUT2D eigenvalue weighted by molar-refractivity contribution is 5.70. The Morgan fingerprint density at radius 1 is 0.806 bits per heavy atom. The fourth-order valence-electron chi connectivity index (χ4n) is 5.89. The second-order valence-corrected chi connectivity index (χ2v) is 9.85. The minimum absolute atomic E-state index is 0.533. The van der Waals surface area contributed by atoms with Crippen molar-refractivity contribution in [3.05, 3.63) is 52.6 Å². The van der Waals surface area contributed by atoms with E-state index in [2.05, 4.69) is 81.5 Å². The van der Waals surface area contributed by atoms with Crippen LogP contribution in [0.25, 0.3) is 5.57 Å². The Balaban J connectivity index is -0.00000168. The molecule has 0 N–H and O–H groups in total. The molecule has 4 atom stereocenters. The summed E-state index contributed by atoms with van der Waals surface area (Å²) in [6, 6.07) is 2.50. The highest BCUT2D eigenvalue weighted by Gasteiger charge is 2.35. The maximum Gasteiger partial charge on any atom is -0.00604 e. The van der Waals surface area contributed by atoms with E-state index >= 15 is 0 Å².